The lowest BCUT2D eigenvalue weighted by molar-refractivity contribution is -0.120. The molecule has 3 nitrogen and oxygen atoms in total. The van der Waals surface area contributed by atoms with Crippen molar-refractivity contribution in [2.24, 2.45) is 5.92 Å². The zero-order valence-electron chi connectivity index (χ0n) is 21.0. The highest BCUT2D eigenvalue weighted by Crippen LogP contribution is 2.50. The molecule has 9 heteroatoms. The molecule has 1 aliphatic carbocycles. The number of carbonyl (C=O) groups excluding carboxylic acids is 1. The van der Waals surface area contributed by atoms with Gasteiger partial charge in [0.15, 0.2) is 5.78 Å². The summed E-state index contributed by atoms with van der Waals surface area (Å²) in [7, 11) is 0. The number of halogens is 6. The molecule has 0 spiro atoms. The lowest BCUT2D eigenvalue weighted by atomic mass is 9.94. The minimum Gasteiger partial charge on any atom is -0.294 e. The van der Waals surface area contributed by atoms with E-state index in [1.54, 1.807) is 0 Å². The number of carbonyl (C=O) groups is 1. The molecule has 0 aromatic rings. The van der Waals surface area contributed by atoms with Crippen LogP contribution in [0.25, 0.3) is 0 Å². The second-order valence-electron chi connectivity index (χ2n) is 9.37. The number of allylic oxidation sites excluding steroid dienone is 4. The molecule has 0 N–H and O–H groups in total. The maximum Gasteiger partial charge on any atom is 0.418 e. The normalized spacial score (nSPS) is 16.4. The number of alkyl halides is 6. The molecule has 0 saturated carbocycles. The van der Waals surface area contributed by atoms with Gasteiger partial charge in [-0.25, -0.2) is 0 Å². The molecule has 0 heterocycles. The van der Waals surface area contributed by atoms with E-state index in [2.05, 4.69) is 6.92 Å². The summed E-state index contributed by atoms with van der Waals surface area (Å²) in [5, 5.41) is 18.1. The van der Waals surface area contributed by atoms with Crippen LogP contribution < -0.4 is 0 Å². The first kappa shape index (κ1) is 31.7. The number of unbranched alkanes of at least 4 members (excludes halogenated alkanes) is 14. The van der Waals surface area contributed by atoms with Gasteiger partial charge in [-0.15, -0.1) is 0 Å². The molecular formula is C27H36F6N2O. The maximum atomic E-state index is 13.5. The molecule has 1 unspecified atom stereocenters. The Bertz CT molecular complexity index is 855. The van der Waals surface area contributed by atoms with E-state index < -0.39 is 52.8 Å². The predicted molar refractivity (Wildman–Crippen MR) is 125 cm³/mol. The first-order valence-corrected chi connectivity index (χ1v) is 13.0. The summed E-state index contributed by atoms with van der Waals surface area (Å²) in [4.78, 5) is 12.5. The molecule has 0 saturated heterocycles. The van der Waals surface area contributed by atoms with Crippen molar-refractivity contribution in [1.82, 2.24) is 0 Å². The lowest BCUT2D eigenvalue weighted by Gasteiger charge is -2.15. The summed E-state index contributed by atoms with van der Waals surface area (Å²) in [6, 6.07) is 2.19. The second kappa shape index (κ2) is 15.7. The van der Waals surface area contributed by atoms with E-state index in [1.165, 1.54) is 51.4 Å². The molecule has 1 aliphatic rings. The van der Waals surface area contributed by atoms with Crippen molar-refractivity contribution in [3.05, 3.63) is 22.3 Å². The Kier molecular flexibility index (Phi) is 13.9. The van der Waals surface area contributed by atoms with Crippen LogP contribution in [-0.4, -0.2) is 18.1 Å². The van der Waals surface area contributed by atoms with Crippen LogP contribution in [0.4, 0.5) is 26.3 Å². The van der Waals surface area contributed by atoms with Gasteiger partial charge in [0.2, 0.25) is 0 Å². The monoisotopic (exact) mass is 518 g/mol. The van der Waals surface area contributed by atoms with Crippen molar-refractivity contribution in [2.75, 3.05) is 0 Å². The highest BCUT2D eigenvalue weighted by atomic mass is 19.4. The number of hydrogen-bond acceptors (Lipinski definition) is 3. The van der Waals surface area contributed by atoms with Gasteiger partial charge in [-0.3, -0.25) is 4.79 Å². The molecule has 0 bridgehead atoms. The molecule has 0 radical (unpaired) electrons. The average molecular weight is 519 g/mol. The SMILES string of the molecule is CCCCCCCCCCCCCCCCCC(=O)C1=C(C(F)(F)F)C(C#N)C(C#N)=C1C(F)(F)F. The van der Waals surface area contributed by atoms with Crippen molar-refractivity contribution in [1.29, 1.82) is 10.5 Å². The van der Waals surface area contributed by atoms with E-state index in [0.717, 1.165) is 44.2 Å². The molecule has 1 atom stereocenters. The Balaban J connectivity index is 2.47. The van der Waals surface area contributed by atoms with E-state index in [1.807, 2.05) is 0 Å². The maximum absolute atomic E-state index is 13.5. The van der Waals surface area contributed by atoms with Crippen LogP contribution in [0.3, 0.4) is 0 Å². The first-order valence-electron chi connectivity index (χ1n) is 13.0. The van der Waals surface area contributed by atoms with Gasteiger partial charge in [0, 0.05) is 12.0 Å². The third-order valence-electron chi connectivity index (χ3n) is 6.49. The summed E-state index contributed by atoms with van der Waals surface area (Å²) >= 11 is 0. The number of ketones is 1. The topological polar surface area (TPSA) is 64.7 Å². The van der Waals surface area contributed by atoms with Gasteiger partial charge in [-0.1, -0.05) is 96.8 Å². The standard InChI is InChI=1S/C27H36F6N2O/c1-2-3-4-5-6-7-8-9-10-11-12-13-14-15-16-17-22(36)23-24(26(28,29)30)20(18-34)21(19-35)25(23)27(31,32)33/h20H,2-17H2,1H3. The Morgan fingerprint density at radius 3 is 1.47 bits per heavy atom. The average Bonchev–Trinajstić information content (AvgIpc) is 3.17. The van der Waals surface area contributed by atoms with Crippen molar-refractivity contribution < 1.29 is 31.1 Å². The molecular weight excluding hydrogens is 482 g/mol. The minimum absolute atomic E-state index is 0.149. The number of nitriles is 2. The largest absolute Gasteiger partial charge is 0.418 e. The Morgan fingerprint density at radius 2 is 1.14 bits per heavy atom. The second-order valence-corrected chi connectivity index (χ2v) is 9.37. The number of hydrogen-bond donors (Lipinski definition) is 0. The van der Waals surface area contributed by atoms with Crippen LogP contribution in [-0.2, 0) is 4.79 Å². The van der Waals surface area contributed by atoms with Crippen LogP contribution in [0.15, 0.2) is 22.3 Å². The number of nitrogens with zero attached hydrogens (tertiary/aromatic N) is 2. The molecule has 0 amide bonds. The third-order valence-corrected chi connectivity index (χ3v) is 6.49. The van der Waals surface area contributed by atoms with Crippen LogP contribution >= 0.6 is 0 Å². The van der Waals surface area contributed by atoms with E-state index in [9.17, 15) is 31.1 Å². The van der Waals surface area contributed by atoms with Gasteiger partial charge >= 0.3 is 12.4 Å². The summed E-state index contributed by atoms with van der Waals surface area (Å²) in [5.74, 6) is -3.78. The summed E-state index contributed by atoms with van der Waals surface area (Å²) in [5.41, 5.74) is -6.73. The number of rotatable bonds is 17. The van der Waals surface area contributed by atoms with Crippen molar-refractivity contribution in [3.63, 3.8) is 0 Å². The molecule has 202 valence electrons. The smallest absolute Gasteiger partial charge is 0.294 e. The van der Waals surface area contributed by atoms with Gasteiger partial charge in [-0.2, -0.15) is 36.9 Å². The van der Waals surface area contributed by atoms with Gasteiger partial charge in [0.25, 0.3) is 0 Å². The van der Waals surface area contributed by atoms with Crippen LogP contribution in [0.1, 0.15) is 110 Å². The minimum atomic E-state index is -5.35. The zero-order valence-corrected chi connectivity index (χ0v) is 21.0. The van der Waals surface area contributed by atoms with Gasteiger partial charge < -0.3 is 0 Å². The first-order chi connectivity index (χ1) is 17.0. The molecule has 0 fully saturated rings. The zero-order chi connectivity index (χ0) is 27.2. The van der Waals surface area contributed by atoms with Crippen molar-refractivity contribution >= 4 is 5.78 Å². The Morgan fingerprint density at radius 1 is 0.722 bits per heavy atom. The van der Waals surface area contributed by atoms with E-state index in [0.29, 0.717) is 6.42 Å². The van der Waals surface area contributed by atoms with Crippen LogP contribution in [0.5, 0.6) is 0 Å². The van der Waals surface area contributed by atoms with Crippen LogP contribution in [0.2, 0.25) is 0 Å². The fourth-order valence-corrected chi connectivity index (χ4v) is 4.62. The Labute approximate surface area is 210 Å². The third kappa shape index (κ3) is 9.99. The van der Waals surface area contributed by atoms with E-state index in [4.69, 9.17) is 10.5 Å². The lowest BCUT2D eigenvalue weighted by Crippen LogP contribution is -2.23. The van der Waals surface area contributed by atoms with Gasteiger partial charge in [0.1, 0.15) is 5.92 Å². The summed E-state index contributed by atoms with van der Waals surface area (Å²) < 4.78 is 81.2. The van der Waals surface area contributed by atoms with Gasteiger partial charge in [-0.05, 0) is 6.42 Å². The van der Waals surface area contributed by atoms with Gasteiger partial charge in [0.05, 0.1) is 28.9 Å². The highest BCUT2D eigenvalue weighted by Gasteiger charge is 2.55. The van der Waals surface area contributed by atoms with E-state index >= 15 is 0 Å². The van der Waals surface area contributed by atoms with Crippen LogP contribution in [0, 0.1) is 28.6 Å². The van der Waals surface area contributed by atoms with E-state index in [-0.39, 0.29) is 6.42 Å². The molecule has 1 rings (SSSR count). The summed E-state index contributed by atoms with van der Waals surface area (Å²) in [6.45, 7) is 2.20. The van der Waals surface area contributed by atoms with Crippen molar-refractivity contribution in [2.45, 2.75) is 122 Å². The molecule has 0 aromatic heterocycles. The fourth-order valence-electron chi connectivity index (χ4n) is 4.62. The Hall–Kier alpha value is -2.29. The predicted octanol–water partition coefficient (Wildman–Crippen LogP) is 9.21. The van der Waals surface area contributed by atoms with Crippen molar-refractivity contribution in [3.8, 4) is 12.1 Å². The quantitative estimate of drug-likeness (QED) is 0.142. The molecule has 0 aromatic carbocycles. The molecule has 36 heavy (non-hydrogen) atoms. The molecule has 0 aliphatic heterocycles. The highest BCUT2D eigenvalue weighted by molar-refractivity contribution is 6.03. The number of Topliss-reactive ketones (excluding diaryl/α,β-unsaturated/α-hetero) is 1. The fraction of sp³-hybridized carbons (Fsp3) is 0.741. The summed E-state index contributed by atoms with van der Waals surface area (Å²) in [6.07, 6.45) is 4.48.